The second kappa shape index (κ2) is 6.22. The third-order valence-corrected chi connectivity index (χ3v) is 3.19. The van der Waals surface area contributed by atoms with E-state index in [9.17, 15) is 9.59 Å². The van der Waals surface area contributed by atoms with E-state index in [2.05, 4.69) is 0 Å². The number of carbonyl (C=O) groups is 2. The number of hydrogen-bond acceptors (Lipinski definition) is 4. The Kier molecular flexibility index (Phi) is 4.39. The molecule has 0 aliphatic carbocycles. The van der Waals surface area contributed by atoms with Crippen molar-refractivity contribution in [2.75, 3.05) is 13.7 Å². The molecule has 1 amide bonds. The van der Waals surface area contributed by atoms with Gasteiger partial charge in [0.25, 0.3) is 0 Å². The third kappa shape index (κ3) is 3.24. The van der Waals surface area contributed by atoms with Crippen molar-refractivity contribution in [3.63, 3.8) is 0 Å². The van der Waals surface area contributed by atoms with Gasteiger partial charge in [0.05, 0.1) is 13.4 Å². The number of methoxy groups -OCH3 is 1. The molecule has 1 aliphatic rings. The quantitative estimate of drug-likeness (QED) is 0.617. The molecular formula is C14H17NO4. The molecule has 0 N–H and O–H groups in total. The van der Waals surface area contributed by atoms with E-state index < -0.39 is 6.04 Å². The molecule has 1 saturated heterocycles. The van der Waals surface area contributed by atoms with Crippen LogP contribution in [0.25, 0.3) is 6.08 Å². The van der Waals surface area contributed by atoms with Crippen molar-refractivity contribution >= 4 is 18.0 Å². The van der Waals surface area contributed by atoms with Gasteiger partial charge in [0.15, 0.2) is 0 Å². The molecule has 1 aromatic rings. The first-order chi connectivity index (χ1) is 9.22. The smallest absolute Gasteiger partial charge is 0.328 e. The Morgan fingerprint density at radius 1 is 1.47 bits per heavy atom. The molecule has 0 aromatic carbocycles. The predicted octanol–water partition coefficient (Wildman–Crippen LogP) is 1.85. The lowest BCUT2D eigenvalue weighted by atomic mass is 10.0. The van der Waals surface area contributed by atoms with Gasteiger partial charge in [0.2, 0.25) is 5.91 Å². The van der Waals surface area contributed by atoms with Crippen molar-refractivity contribution in [1.29, 1.82) is 0 Å². The largest absolute Gasteiger partial charge is 0.467 e. The van der Waals surface area contributed by atoms with Gasteiger partial charge in [-0.3, -0.25) is 4.79 Å². The minimum Gasteiger partial charge on any atom is -0.467 e. The van der Waals surface area contributed by atoms with Crippen molar-refractivity contribution in [2.24, 2.45) is 0 Å². The van der Waals surface area contributed by atoms with E-state index in [4.69, 9.17) is 9.15 Å². The molecule has 1 fully saturated rings. The van der Waals surface area contributed by atoms with Gasteiger partial charge in [-0.1, -0.05) is 0 Å². The van der Waals surface area contributed by atoms with Crippen LogP contribution in [0.2, 0.25) is 0 Å². The molecule has 0 radical (unpaired) electrons. The van der Waals surface area contributed by atoms with E-state index in [-0.39, 0.29) is 11.9 Å². The fourth-order valence-electron chi connectivity index (χ4n) is 2.21. The van der Waals surface area contributed by atoms with Gasteiger partial charge in [0, 0.05) is 12.6 Å². The topological polar surface area (TPSA) is 59.8 Å². The van der Waals surface area contributed by atoms with Crippen LogP contribution in [-0.4, -0.2) is 36.5 Å². The molecule has 0 unspecified atom stereocenters. The maximum Gasteiger partial charge on any atom is 0.328 e. The third-order valence-electron chi connectivity index (χ3n) is 3.19. The molecule has 1 aliphatic heterocycles. The molecule has 19 heavy (non-hydrogen) atoms. The van der Waals surface area contributed by atoms with Crippen molar-refractivity contribution in [2.45, 2.75) is 25.3 Å². The maximum absolute atomic E-state index is 12.1. The summed E-state index contributed by atoms with van der Waals surface area (Å²) in [5.74, 6) is 0.0749. The Bertz CT molecular complexity index is 464. The second-order valence-corrected chi connectivity index (χ2v) is 4.42. The molecule has 0 spiro atoms. The standard InChI is InChI=1S/C14H17NO4/c1-18-14(17)12-6-2-3-9-15(12)13(16)8-7-11-5-4-10-19-11/h4-5,7-8,10,12H,2-3,6,9H2,1H3/b8-7-/t12-/m0/s1. The van der Waals surface area contributed by atoms with Crippen LogP contribution in [0.3, 0.4) is 0 Å². The van der Waals surface area contributed by atoms with Crippen molar-refractivity contribution < 1.29 is 18.7 Å². The number of hydrogen-bond donors (Lipinski definition) is 0. The average molecular weight is 263 g/mol. The molecule has 5 nitrogen and oxygen atoms in total. The van der Waals surface area contributed by atoms with Gasteiger partial charge in [-0.2, -0.15) is 0 Å². The highest BCUT2D eigenvalue weighted by Crippen LogP contribution is 2.18. The van der Waals surface area contributed by atoms with Gasteiger partial charge in [-0.15, -0.1) is 0 Å². The molecule has 2 rings (SSSR count). The Morgan fingerprint density at radius 2 is 2.32 bits per heavy atom. The zero-order chi connectivity index (χ0) is 13.7. The second-order valence-electron chi connectivity index (χ2n) is 4.42. The first kappa shape index (κ1) is 13.4. The predicted molar refractivity (Wildman–Crippen MR) is 69.1 cm³/mol. The number of likely N-dealkylation sites (tertiary alicyclic amines) is 1. The van der Waals surface area contributed by atoms with Crippen LogP contribution >= 0.6 is 0 Å². The monoisotopic (exact) mass is 263 g/mol. The number of rotatable bonds is 3. The summed E-state index contributed by atoms with van der Waals surface area (Å²) in [6.45, 7) is 0.584. The van der Waals surface area contributed by atoms with E-state index in [1.807, 2.05) is 0 Å². The molecule has 2 heterocycles. The molecule has 102 valence electrons. The number of nitrogens with zero attached hydrogens (tertiary/aromatic N) is 1. The number of esters is 1. The van der Waals surface area contributed by atoms with Gasteiger partial charge >= 0.3 is 5.97 Å². The van der Waals surface area contributed by atoms with Crippen LogP contribution in [0.1, 0.15) is 25.0 Å². The molecule has 1 aromatic heterocycles. The van der Waals surface area contributed by atoms with E-state index in [1.165, 1.54) is 13.2 Å². The molecule has 0 bridgehead atoms. The van der Waals surface area contributed by atoms with Crippen LogP contribution in [0.4, 0.5) is 0 Å². The number of piperidine rings is 1. The van der Waals surface area contributed by atoms with Crippen LogP contribution < -0.4 is 0 Å². The Labute approximate surface area is 111 Å². The summed E-state index contributed by atoms with van der Waals surface area (Å²) >= 11 is 0. The lowest BCUT2D eigenvalue weighted by molar-refractivity contribution is -0.153. The fraction of sp³-hybridized carbons (Fsp3) is 0.429. The number of furan rings is 1. The van der Waals surface area contributed by atoms with Crippen LogP contribution in [0, 0.1) is 0 Å². The minimum atomic E-state index is -0.465. The van der Waals surface area contributed by atoms with E-state index in [1.54, 1.807) is 29.4 Å². The van der Waals surface area contributed by atoms with Gasteiger partial charge < -0.3 is 14.1 Å². The summed E-state index contributed by atoms with van der Waals surface area (Å²) in [6, 6.07) is 3.05. The number of carbonyl (C=O) groups excluding carboxylic acids is 2. The average Bonchev–Trinajstić information content (AvgIpc) is 2.97. The molecule has 1 atom stereocenters. The van der Waals surface area contributed by atoms with Gasteiger partial charge in [-0.05, 0) is 37.5 Å². The zero-order valence-corrected chi connectivity index (χ0v) is 10.9. The van der Waals surface area contributed by atoms with Gasteiger partial charge in [0.1, 0.15) is 11.8 Å². The van der Waals surface area contributed by atoms with Crippen molar-refractivity contribution in [1.82, 2.24) is 4.90 Å². The normalized spacial score (nSPS) is 19.6. The van der Waals surface area contributed by atoms with Crippen molar-refractivity contribution in [3.05, 3.63) is 30.2 Å². The summed E-state index contributed by atoms with van der Waals surface area (Å²) in [4.78, 5) is 25.3. The Balaban J connectivity index is 2.05. The Morgan fingerprint density at radius 3 is 3.00 bits per heavy atom. The van der Waals surface area contributed by atoms with Crippen molar-refractivity contribution in [3.8, 4) is 0 Å². The summed E-state index contributed by atoms with van der Waals surface area (Å²) in [5.41, 5.74) is 0. The molecular weight excluding hydrogens is 246 g/mol. The minimum absolute atomic E-state index is 0.188. The summed E-state index contributed by atoms with van der Waals surface area (Å²) in [5, 5.41) is 0. The van der Waals surface area contributed by atoms with E-state index in [0.717, 1.165) is 12.8 Å². The highest BCUT2D eigenvalue weighted by Gasteiger charge is 2.31. The van der Waals surface area contributed by atoms with E-state index >= 15 is 0 Å². The Hall–Kier alpha value is -2.04. The highest BCUT2D eigenvalue weighted by atomic mass is 16.5. The highest BCUT2D eigenvalue weighted by molar-refractivity contribution is 5.94. The number of ether oxygens (including phenoxy) is 1. The van der Waals surface area contributed by atoms with Crippen LogP contribution in [0.5, 0.6) is 0 Å². The summed E-state index contributed by atoms with van der Waals surface area (Å²) < 4.78 is 9.86. The molecule has 0 saturated carbocycles. The van der Waals surface area contributed by atoms with E-state index in [0.29, 0.717) is 18.7 Å². The summed E-state index contributed by atoms with van der Waals surface area (Å²) in [7, 11) is 1.35. The maximum atomic E-state index is 12.1. The zero-order valence-electron chi connectivity index (χ0n) is 10.9. The van der Waals surface area contributed by atoms with Gasteiger partial charge in [-0.25, -0.2) is 4.79 Å². The lowest BCUT2D eigenvalue weighted by Gasteiger charge is -2.32. The SMILES string of the molecule is COC(=O)[C@@H]1CCCCN1C(=O)/C=C\c1ccco1. The fourth-order valence-corrected chi connectivity index (χ4v) is 2.21. The summed E-state index contributed by atoms with van der Waals surface area (Å²) in [6.07, 6.45) is 7.08. The van der Waals surface area contributed by atoms with Crippen LogP contribution in [0.15, 0.2) is 28.9 Å². The molecule has 5 heteroatoms. The lowest BCUT2D eigenvalue weighted by Crippen LogP contribution is -2.47. The first-order valence-corrected chi connectivity index (χ1v) is 6.32. The number of amides is 1. The first-order valence-electron chi connectivity index (χ1n) is 6.32. The van der Waals surface area contributed by atoms with Crippen LogP contribution in [-0.2, 0) is 14.3 Å².